The molecular weight excluding hydrogens is 382 g/mol. The summed E-state index contributed by atoms with van der Waals surface area (Å²) in [5.41, 5.74) is 4.17. The lowest BCUT2D eigenvalue weighted by Gasteiger charge is -2.15. The number of carbonyl (C=O) groups is 1. The molecule has 0 atom stereocenters. The second kappa shape index (κ2) is 7.79. The van der Waals surface area contributed by atoms with Crippen LogP contribution in [0.25, 0.3) is 17.1 Å². The lowest BCUT2D eigenvalue weighted by atomic mass is 9.98. The van der Waals surface area contributed by atoms with Gasteiger partial charge in [-0.15, -0.1) is 10.2 Å². The average molecular weight is 407 g/mol. The van der Waals surface area contributed by atoms with E-state index in [9.17, 15) is 15.0 Å². The van der Waals surface area contributed by atoms with E-state index in [-0.39, 0.29) is 29.1 Å². The average Bonchev–Trinajstić information content (AvgIpc) is 3.34. The molecule has 1 aliphatic heterocycles. The molecule has 0 fully saturated rings. The van der Waals surface area contributed by atoms with Crippen molar-refractivity contribution in [3.63, 3.8) is 0 Å². The van der Waals surface area contributed by atoms with E-state index in [0.29, 0.717) is 23.5 Å². The first-order valence-corrected chi connectivity index (χ1v) is 10.0. The van der Waals surface area contributed by atoms with Crippen molar-refractivity contribution >= 4 is 5.91 Å². The molecule has 0 saturated heterocycles. The van der Waals surface area contributed by atoms with Crippen LogP contribution in [0, 0.1) is 0 Å². The van der Waals surface area contributed by atoms with Gasteiger partial charge in [0.2, 0.25) is 5.82 Å². The fourth-order valence-electron chi connectivity index (χ4n) is 3.75. The van der Waals surface area contributed by atoms with Gasteiger partial charge in [0.25, 0.3) is 5.91 Å². The van der Waals surface area contributed by atoms with Crippen LogP contribution in [-0.4, -0.2) is 37.4 Å². The summed E-state index contributed by atoms with van der Waals surface area (Å²) in [5.74, 6) is 0.0467. The number of hydrogen-bond acceptors (Lipinski definition) is 6. The number of benzene rings is 2. The van der Waals surface area contributed by atoms with Crippen LogP contribution in [-0.2, 0) is 13.1 Å². The molecule has 0 spiro atoms. The number of hydrogen-bond donors (Lipinski definition) is 4. The Kier molecular flexibility index (Phi) is 5.17. The molecule has 8 heteroatoms. The molecule has 8 nitrogen and oxygen atoms in total. The molecule has 1 aromatic heterocycles. The van der Waals surface area contributed by atoms with Crippen LogP contribution in [0.15, 0.2) is 30.3 Å². The Morgan fingerprint density at radius 3 is 2.63 bits per heavy atom. The SMILES string of the molecule is CCNC(=O)c1nnc(-c2cc(C(C)C)c(O)cc2O)n1-c1ccc2c(c1)CNC2. The van der Waals surface area contributed by atoms with Gasteiger partial charge in [0.15, 0.2) is 5.82 Å². The molecule has 0 radical (unpaired) electrons. The van der Waals surface area contributed by atoms with Crippen molar-refractivity contribution in [2.75, 3.05) is 6.54 Å². The molecule has 30 heavy (non-hydrogen) atoms. The lowest BCUT2D eigenvalue weighted by molar-refractivity contribution is 0.0943. The van der Waals surface area contributed by atoms with E-state index in [1.165, 1.54) is 11.6 Å². The summed E-state index contributed by atoms with van der Waals surface area (Å²) in [6, 6.07) is 8.95. The topological polar surface area (TPSA) is 112 Å². The molecule has 3 aromatic rings. The number of nitrogens with one attached hydrogen (secondary N) is 2. The Bertz CT molecular complexity index is 1120. The predicted molar refractivity (Wildman–Crippen MR) is 113 cm³/mol. The standard InChI is InChI=1S/C22H25N5O3/c1-4-24-22(30)21-26-25-20(17-8-16(12(2)3)18(28)9-19(17)29)27(21)15-6-5-13-10-23-11-14(13)7-15/h5-9,12,23,28-29H,4,10-11H2,1-3H3,(H,24,30). The third-order valence-electron chi connectivity index (χ3n) is 5.29. The van der Waals surface area contributed by atoms with E-state index in [1.807, 2.05) is 39.0 Å². The lowest BCUT2D eigenvalue weighted by Crippen LogP contribution is -2.26. The Morgan fingerprint density at radius 1 is 1.13 bits per heavy atom. The predicted octanol–water partition coefficient (Wildman–Crippen LogP) is 2.82. The van der Waals surface area contributed by atoms with Gasteiger partial charge in [-0.25, -0.2) is 0 Å². The fraction of sp³-hybridized carbons (Fsp3) is 0.318. The number of nitrogens with zero attached hydrogens (tertiary/aromatic N) is 3. The zero-order valence-corrected chi connectivity index (χ0v) is 17.2. The van der Waals surface area contributed by atoms with E-state index in [2.05, 4.69) is 20.8 Å². The summed E-state index contributed by atoms with van der Waals surface area (Å²) in [6.07, 6.45) is 0. The quantitative estimate of drug-likeness (QED) is 0.517. The molecule has 0 aliphatic carbocycles. The molecule has 0 saturated carbocycles. The number of aromatic hydroxyl groups is 2. The van der Waals surface area contributed by atoms with Crippen molar-refractivity contribution in [3.8, 4) is 28.6 Å². The van der Waals surface area contributed by atoms with Gasteiger partial charge in [-0.2, -0.15) is 0 Å². The number of fused-ring (bicyclic) bond motifs is 1. The van der Waals surface area contributed by atoms with Gasteiger partial charge in [-0.3, -0.25) is 9.36 Å². The molecule has 0 bridgehead atoms. The van der Waals surface area contributed by atoms with Crippen molar-refractivity contribution in [1.29, 1.82) is 0 Å². The minimum absolute atomic E-state index is 0.0184. The highest BCUT2D eigenvalue weighted by Crippen LogP contribution is 2.38. The van der Waals surface area contributed by atoms with Crippen molar-refractivity contribution in [3.05, 3.63) is 52.8 Å². The Morgan fingerprint density at radius 2 is 1.90 bits per heavy atom. The number of amides is 1. The molecule has 2 aromatic carbocycles. The first-order valence-electron chi connectivity index (χ1n) is 10.0. The monoisotopic (exact) mass is 407 g/mol. The van der Waals surface area contributed by atoms with Gasteiger partial charge >= 0.3 is 0 Å². The van der Waals surface area contributed by atoms with Gasteiger partial charge in [0, 0.05) is 31.4 Å². The molecular formula is C22H25N5O3. The smallest absolute Gasteiger partial charge is 0.289 e. The number of phenolic OH excluding ortho intramolecular Hbond substituents is 2. The summed E-state index contributed by atoms with van der Waals surface area (Å²) in [7, 11) is 0. The molecule has 156 valence electrons. The van der Waals surface area contributed by atoms with Crippen molar-refractivity contribution in [2.24, 2.45) is 0 Å². The largest absolute Gasteiger partial charge is 0.508 e. The summed E-state index contributed by atoms with van der Waals surface area (Å²) < 4.78 is 1.65. The highest BCUT2D eigenvalue weighted by atomic mass is 16.3. The van der Waals surface area contributed by atoms with Gasteiger partial charge in [0.05, 0.1) is 5.56 Å². The first-order chi connectivity index (χ1) is 14.4. The number of rotatable bonds is 5. The van der Waals surface area contributed by atoms with Crippen LogP contribution in [0.4, 0.5) is 0 Å². The summed E-state index contributed by atoms with van der Waals surface area (Å²) in [5, 5.41) is 35.2. The summed E-state index contributed by atoms with van der Waals surface area (Å²) in [6.45, 7) is 7.75. The summed E-state index contributed by atoms with van der Waals surface area (Å²) in [4.78, 5) is 12.7. The van der Waals surface area contributed by atoms with Gasteiger partial charge in [0.1, 0.15) is 11.5 Å². The minimum atomic E-state index is -0.350. The maximum atomic E-state index is 12.7. The molecule has 1 aliphatic rings. The highest BCUT2D eigenvalue weighted by molar-refractivity contribution is 5.92. The fourth-order valence-corrected chi connectivity index (χ4v) is 3.75. The van der Waals surface area contributed by atoms with E-state index >= 15 is 0 Å². The van der Waals surface area contributed by atoms with E-state index < -0.39 is 0 Å². The Balaban J connectivity index is 1.94. The normalized spacial score (nSPS) is 12.9. The number of aromatic nitrogens is 3. The maximum Gasteiger partial charge on any atom is 0.289 e. The van der Waals surface area contributed by atoms with Gasteiger partial charge < -0.3 is 20.8 Å². The van der Waals surface area contributed by atoms with Crippen LogP contribution in [0.1, 0.15) is 54.0 Å². The van der Waals surface area contributed by atoms with E-state index in [0.717, 1.165) is 24.3 Å². The van der Waals surface area contributed by atoms with Crippen LogP contribution in [0.3, 0.4) is 0 Å². The zero-order valence-electron chi connectivity index (χ0n) is 17.2. The Hall–Kier alpha value is -3.39. The first kappa shape index (κ1) is 19.9. The summed E-state index contributed by atoms with van der Waals surface area (Å²) >= 11 is 0. The van der Waals surface area contributed by atoms with Crippen LogP contribution < -0.4 is 10.6 Å². The third kappa shape index (κ3) is 3.39. The van der Waals surface area contributed by atoms with Gasteiger partial charge in [-0.1, -0.05) is 19.9 Å². The van der Waals surface area contributed by atoms with Crippen molar-refractivity contribution < 1.29 is 15.0 Å². The molecule has 0 unspecified atom stereocenters. The molecule has 4 N–H and O–H groups in total. The van der Waals surface area contributed by atoms with E-state index in [4.69, 9.17) is 0 Å². The zero-order chi connectivity index (χ0) is 21.4. The van der Waals surface area contributed by atoms with Crippen LogP contribution in [0.5, 0.6) is 11.5 Å². The Labute approximate surface area is 174 Å². The second-order valence-electron chi connectivity index (χ2n) is 7.68. The van der Waals surface area contributed by atoms with E-state index in [1.54, 1.807) is 10.6 Å². The van der Waals surface area contributed by atoms with Gasteiger partial charge in [-0.05, 0) is 47.7 Å². The number of phenols is 2. The van der Waals surface area contributed by atoms with Crippen LogP contribution >= 0.6 is 0 Å². The third-order valence-corrected chi connectivity index (χ3v) is 5.29. The molecule has 4 rings (SSSR count). The molecule has 2 heterocycles. The number of carbonyl (C=O) groups excluding carboxylic acids is 1. The minimum Gasteiger partial charge on any atom is -0.508 e. The van der Waals surface area contributed by atoms with Crippen molar-refractivity contribution in [2.45, 2.75) is 39.8 Å². The van der Waals surface area contributed by atoms with Crippen LogP contribution in [0.2, 0.25) is 0 Å². The maximum absolute atomic E-state index is 12.7. The highest BCUT2D eigenvalue weighted by Gasteiger charge is 2.25. The molecule has 1 amide bonds. The van der Waals surface area contributed by atoms with Crippen molar-refractivity contribution in [1.82, 2.24) is 25.4 Å². The second-order valence-corrected chi connectivity index (χ2v) is 7.68.